The Morgan fingerprint density at radius 2 is 1.86 bits per heavy atom. The monoisotopic (exact) mass is 211 g/mol. The quantitative estimate of drug-likeness (QED) is 0.771. The topological polar surface area (TPSA) is 25.2 Å². The van der Waals surface area contributed by atoms with E-state index in [1.807, 2.05) is 0 Å². The van der Waals surface area contributed by atoms with Crippen molar-refractivity contribution in [2.24, 2.45) is 0 Å². The average Bonchev–Trinajstić information content (AvgIpc) is 2.64. The average molecular weight is 212 g/mol. The molecule has 0 aliphatic heterocycles. The number of phenols is 1. The van der Waals surface area contributed by atoms with E-state index in [0.29, 0.717) is 0 Å². The Morgan fingerprint density at radius 3 is 2.50 bits per heavy atom. The Hall–Kier alpha value is -1.48. The molecule has 4 heteroatoms. The molecule has 0 fully saturated rings. The zero-order valence-corrected chi connectivity index (χ0v) is 7.87. The van der Waals surface area contributed by atoms with Crippen molar-refractivity contribution in [1.29, 1.82) is 0 Å². The van der Waals surface area contributed by atoms with E-state index in [-0.39, 0.29) is 16.5 Å². The second kappa shape index (κ2) is 3.35. The van der Waals surface area contributed by atoms with Crippen LogP contribution in [0.15, 0.2) is 36.7 Å². The molecule has 0 saturated heterocycles. The van der Waals surface area contributed by atoms with Crippen molar-refractivity contribution < 1.29 is 9.50 Å². The molecule has 1 heterocycles. The maximum absolute atomic E-state index is 13.4. The molecule has 1 aromatic heterocycles. The molecule has 14 heavy (non-hydrogen) atoms. The van der Waals surface area contributed by atoms with Gasteiger partial charge in [0.15, 0.2) is 0 Å². The lowest BCUT2D eigenvalue weighted by molar-refractivity contribution is 0.472. The summed E-state index contributed by atoms with van der Waals surface area (Å²) in [6.07, 6.45) is 3.37. The molecule has 2 aromatic rings. The Kier molecular flexibility index (Phi) is 2.17. The van der Waals surface area contributed by atoms with Gasteiger partial charge in [0.1, 0.15) is 11.6 Å². The molecule has 0 bridgehead atoms. The van der Waals surface area contributed by atoms with Gasteiger partial charge in [-0.05, 0) is 18.2 Å². The third-order valence-corrected chi connectivity index (χ3v) is 2.20. The molecular formula is C10H7ClFNO. The van der Waals surface area contributed by atoms with Crippen molar-refractivity contribution in [2.45, 2.75) is 0 Å². The second-order valence-corrected chi connectivity index (χ2v) is 3.25. The first-order chi connectivity index (χ1) is 6.68. The minimum Gasteiger partial charge on any atom is -0.506 e. The number of aromatic nitrogens is 1. The SMILES string of the molecule is Oc1cc(-n2cccc2)c(F)cc1Cl. The molecule has 0 spiro atoms. The summed E-state index contributed by atoms with van der Waals surface area (Å²) >= 11 is 5.55. The fraction of sp³-hybridized carbons (Fsp3) is 0. The van der Waals surface area contributed by atoms with E-state index < -0.39 is 5.82 Å². The molecule has 2 rings (SSSR count). The lowest BCUT2D eigenvalue weighted by Crippen LogP contribution is -1.94. The first-order valence-electron chi connectivity index (χ1n) is 4.00. The van der Waals surface area contributed by atoms with Crippen LogP contribution in [0.25, 0.3) is 5.69 Å². The Balaban J connectivity index is 2.60. The third-order valence-electron chi connectivity index (χ3n) is 1.90. The van der Waals surface area contributed by atoms with Crippen LogP contribution in [0.4, 0.5) is 4.39 Å². The Bertz CT molecular complexity index is 453. The Morgan fingerprint density at radius 1 is 1.21 bits per heavy atom. The lowest BCUT2D eigenvalue weighted by Gasteiger charge is -2.06. The van der Waals surface area contributed by atoms with E-state index in [1.165, 1.54) is 6.07 Å². The summed E-state index contributed by atoms with van der Waals surface area (Å²) in [7, 11) is 0. The molecule has 0 saturated carbocycles. The van der Waals surface area contributed by atoms with Gasteiger partial charge >= 0.3 is 0 Å². The summed E-state index contributed by atoms with van der Waals surface area (Å²) in [4.78, 5) is 0. The fourth-order valence-corrected chi connectivity index (χ4v) is 1.37. The van der Waals surface area contributed by atoms with Gasteiger partial charge in [0, 0.05) is 18.5 Å². The number of benzene rings is 1. The summed E-state index contributed by atoms with van der Waals surface area (Å²) < 4.78 is 14.9. The summed E-state index contributed by atoms with van der Waals surface area (Å²) in [6, 6.07) is 5.92. The molecule has 0 unspecified atom stereocenters. The van der Waals surface area contributed by atoms with E-state index in [4.69, 9.17) is 11.6 Å². The molecule has 0 amide bonds. The lowest BCUT2D eigenvalue weighted by atomic mass is 10.3. The standard InChI is InChI=1S/C10H7ClFNO/c11-7-5-8(12)9(6-10(7)14)13-3-1-2-4-13/h1-6,14H. The first kappa shape index (κ1) is 9.09. The molecule has 2 nitrogen and oxygen atoms in total. The predicted octanol–water partition coefficient (Wildman–Crippen LogP) is 2.98. The minimum atomic E-state index is -0.469. The fourth-order valence-electron chi connectivity index (χ4n) is 1.22. The van der Waals surface area contributed by atoms with Crippen LogP contribution >= 0.6 is 11.6 Å². The van der Waals surface area contributed by atoms with Crippen molar-refractivity contribution >= 4 is 11.6 Å². The summed E-state index contributed by atoms with van der Waals surface area (Å²) in [6.45, 7) is 0. The van der Waals surface area contributed by atoms with Gasteiger partial charge in [0.25, 0.3) is 0 Å². The highest BCUT2D eigenvalue weighted by Gasteiger charge is 2.08. The van der Waals surface area contributed by atoms with Gasteiger partial charge in [-0.25, -0.2) is 4.39 Å². The van der Waals surface area contributed by atoms with Crippen molar-refractivity contribution in [1.82, 2.24) is 4.57 Å². The van der Waals surface area contributed by atoms with Crippen LogP contribution in [-0.2, 0) is 0 Å². The van der Waals surface area contributed by atoms with E-state index in [9.17, 15) is 9.50 Å². The van der Waals surface area contributed by atoms with Gasteiger partial charge in [-0.3, -0.25) is 0 Å². The van der Waals surface area contributed by atoms with E-state index >= 15 is 0 Å². The maximum atomic E-state index is 13.4. The zero-order chi connectivity index (χ0) is 10.1. The van der Waals surface area contributed by atoms with Gasteiger partial charge in [-0.2, -0.15) is 0 Å². The number of hydrogen-bond acceptors (Lipinski definition) is 1. The summed E-state index contributed by atoms with van der Waals surface area (Å²) in [5.41, 5.74) is 0.275. The predicted molar refractivity (Wildman–Crippen MR) is 52.4 cm³/mol. The maximum Gasteiger partial charge on any atom is 0.148 e. The van der Waals surface area contributed by atoms with Crippen LogP contribution in [0.5, 0.6) is 5.75 Å². The number of rotatable bonds is 1. The first-order valence-corrected chi connectivity index (χ1v) is 4.37. The van der Waals surface area contributed by atoms with E-state index in [0.717, 1.165) is 6.07 Å². The molecular weight excluding hydrogens is 205 g/mol. The van der Waals surface area contributed by atoms with Crippen molar-refractivity contribution in [3.8, 4) is 11.4 Å². The smallest absolute Gasteiger partial charge is 0.148 e. The Labute approximate surface area is 85.2 Å². The second-order valence-electron chi connectivity index (χ2n) is 2.85. The molecule has 0 aliphatic rings. The number of hydrogen-bond donors (Lipinski definition) is 1. The van der Waals surface area contributed by atoms with Crippen molar-refractivity contribution in [3.05, 3.63) is 47.5 Å². The molecule has 1 N–H and O–H groups in total. The number of nitrogens with zero attached hydrogens (tertiary/aromatic N) is 1. The van der Waals surface area contributed by atoms with Crippen LogP contribution in [0, 0.1) is 5.82 Å². The van der Waals surface area contributed by atoms with Crippen LogP contribution in [0.2, 0.25) is 5.02 Å². The molecule has 72 valence electrons. The van der Waals surface area contributed by atoms with Gasteiger partial charge in [0.05, 0.1) is 10.7 Å². The largest absolute Gasteiger partial charge is 0.506 e. The number of phenolic OH excluding ortho intramolecular Hbond substituents is 1. The minimum absolute atomic E-state index is 0.0124. The van der Waals surface area contributed by atoms with E-state index in [2.05, 4.69) is 0 Å². The highest BCUT2D eigenvalue weighted by Crippen LogP contribution is 2.28. The molecule has 0 atom stereocenters. The molecule has 0 radical (unpaired) electrons. The number of halogens is 2. The highest BCUT2D eigenvalue weighted by atomic mass is 35.5. The van der Waals surface area contributed by atoms with E-state index in [1.54, 1.807) is 29.1 Å². The van der Waals surface area contributed by atoms with Gasteiger partial charge < -0.3 is 9.67 Å². The molecule has 0 aliphatic carbocycles. The normalized spacial score (nSPS) is 10.4. The van der Waals surface area contributed by atoms with Crippen LogP contribution in [0.3, 0.4) is 0 Å². The summed E-state index contributed by atoms with van der Waals surface area (Å²) in [5, 5.41) is 9.32. The highest BCUT2D eigenvalue weighted by molar-refractivity contribution is 6.32. The molecule has 1 aromatic carbocycles. The van der Waals surface area contributed by atoms with Crippen molar-refractivity contribution in [2.75, 3.05) is 0 Å². The zero-order valence-electron chi connectivity index (χ0n) is 7.11. The van der Waals surface area contributed by atoms with Crippen molar-refractivity contribution in [3.63, 3.8) is 0 Å². The number of aromatic hydroxyl groups is 1. The van der Waals surface area contributed by atoms with Crippen LogP contribution in [0.1, 0.15) is 0 Å². The summed E-state index contributed by atoms with van der Waals surface area (Å²) in [5.74, 6) is -0.597. The third kappa shape index (κ3) is 1.46. The van der Waals surface area contributed by atoms with Crippen LogP contribution < -0.4 is 0 Å². The van der Waals surface area contributed by atoms with Crippen LogP contribution in [-0.4, -0.2) is 9.67 Å². The van der Waals surface area contributed by atoms with Gasteiger partial charge in [-0.1, -0.05) is 11.6 Å². The van der Waals surface area contributed by atoms with Gasteiger partial charge in [-0.15, -0.1) is 0 Å². The van der Waals surface area contributed by atoms with Gasteiger partial charge in [0.2, 0.25) is 0 Å².